The van der Waals surface area contributed by atoms with E-state index in [1.54, 1.807) is 0 Å². The van der Waals surface area contributed by atoms with Gasteiger partial charge in [-0.3, -0.25) is 9.78 Å². The van der Waals surface area contributed by atoms with Crippen LogP contribution in [0.2, 0.25) is 0 Å². The molecule has 2 aromatic carbocycles. The molecule has 1 aromatic heterocycles. The maximum absolute atomic E-state index is 12.5. The monoisotopic (exact) mass is 458 g/mol. The number of anilines is 1. The second-order valence-corrected chi connectivity index (χ2v) is 7.07. The summed E-state index contributed by atoms with van der Waals surface area (Å²) in [7, 11) is 0. The van der Waals surface area contributed by atoms with E-state index in [4.69, 9.17) is 4.74 Å². The molecule has 5 heteroatoms. The number of benzene rings is 2. The van der Waals surface area contributed by atoms with Gasteiger partial charge in [-0.2, -0.15) is 0 Å². The van der Waals surface area contributed by atoms with E-state index >= 15 is 0 Å². The van der Waals surface area contributed by atoms with Gasteiger partial charge in [-0.15, -0.1) is 0 Å². The smallest absolute Gasteiger partial charge is 0.257 e. The second kappa shape index (κ2) is 8.31. The van der Waals surface area contributed by atoms with Crippen LogP contribution >= 0.6 is 22.6 Å². The molecule has 3 rings (SSSR count). The molecule has 0 saturated carbocycles. The summed E-state index contributed by atoms with van der Waals surface area (Å²) in [5, 5.41) is 2.90. The molecule has 1 N–H and O–H groups in total. The zero-order chi connectivity index (χ0) is 18.5. The molecule has 0 aliphatic carbocycles. The van der Waals surface area contributed by atoms with Gasteiger partial charge in [0.15, 0.2) is 0 Å². The van der Waals surface area contributed by atoms with E-state index in [2.05, 4.69) is 32.9 Å². The number of carbonyl (C=O) groups excluding carboxylic acids is 1. The Kier molecular flexibility index (Phi) is 5.88. The van der Waals surface area contributed by atoms with E-state index in [1.807, 2.05) is 74.5 Å². The predicted octanol–water partition coefficient (Wildman–Crippen LogP) is 5.60. The zero-order valence-electron chi connectivity index (χ0n) is 14.6. The van der Waals surface area contributed by atoms with Crippen molar-refractivity contribution in [1.29, 1.82) is 0 Å². The summed E-state index contributed by atoms with van der Waals surface area (Å²) in [6, 6.07) is 18.9. The van der Waals surface area contributed by atoms with Gasteiger partial charge in [0, 0.05) is 15.0 Å². The van der Waals surface area contributed by atoms with E-state index < -0.39 is 0 Å². The Morgan fingerprint density at radius 3 is 2.19 bits per heavy atom. The summed E-state index contributed by atoms with van der Waals surface area (Å²) in [5.74, 6) is 1.33. The molecule has 1 heterocycles. The number of ether oxygens (including phenoxy) is 1. The van der Waals surface area contributed by atoms with Crippen molar-refractivity contribution < 1.29 is 9.53 Å². The summed E-state index contributed by atoms with van der Waals surface area (Å²) in [6.07, 6.45) is 0.852. The van der Waals surface area contributed by atoms with Crippen LogP contribution in [0.5, 0.6) is 11.5 Å². The molecule has 132 valence electrons. The standard InChI is InChI=1S/C21H19IN2O2/c1-3-16-8-13-20(14(2)23-16)21(25)24-17-6-11-19(12-7-17)26-18-9-4-15(22)5-10-18/h4-13H,3H2,1-2H3,(H,24,25). The van der Waals surface area contributed by atoms with Crippen molar-refractivity contribution in [3.05, 3.63) is 81.2 Å². The minimum Gasteiger partial charge on any atom is -0.457 e. The van der Waals surface area contributed by atoms with E-state index in [9.17, 15) is 4.79 Å². The Morgan fingerprint density at radius 1 is 1.00 bits per heavy atom. The van der Waals surface area contributed by atoms with E-state index in [0.717, 1.165) is 27.1 Å². The average molecular weight is 458 g/mol. The molecule has 4 nitrogen and oxygen atoms in total. The molecule has 3 aromatic rings. The average Bonchev–Trinajstić information content (AvgIpc) is 2.65. The van der Waals surface area contributed by atoms with Crippen molar-refractivity contribution in [3.8, 4) is 11.5 Å². The first-order chi connectivity index (χ1) is 12.5. The number of aryl methyl sites for hydroxylation is 2. The van der Waals surface area contributed by atoms with Gasteiger partial charge in [-0.25, -0.2) is 0 Å². The number of amides is 1. The first-order valence-corrected chi connectivity index (χ1v) is 9.44. The van der Waals surface area contributed by atoms with Gasteiger partial charge in [0.05, 0.1) is 11.3 Å². The fraction of sp³-hybridized carbons (Fsp3) is 0.143. The summed E-state index contributed by atoms with van der Waals surface area (Å²) in [4.78, 5) is 16.9. The maximum Gasteiger partial charge on any atom is 0.257 e. The lowest BCUT2D eigenvalue weighted by molar-refractivity contribution is 0.102. The van der Waals surface area contributed by atoms with Gasteiger partial charge < -0.3 is 10.1 Å². The van der Waals surface area contributed by atoms with Crippen LogP contribution < -0.4 is 10.1 Å². The summed E-state index contributed by atoms with van der Waals surface area (Å²) < 4.78 is 6.95. The SMILES string of the molecule is CCc1ccc(C(=O)Nc2ccc(Oc3ccc(I)cc3)cc2)c(C)n1. The van der Waals surface area contributed by atoms with Crippen LogP contribution in [0.25, 0.3) is 0 Å². The predicted molar refractivity (Wildman–Crippen MR) is 112 cm³/mol. The topological polar surface area (TPSA) is 51.2 Å². The summed E-state index contributed by atoms with van der Waals surface area (Å²) in [5.41, 5.74) is 3.02. The highest BCUT2D eigenvalue weighted by Crippen LogP contribution is 2.24. The largest absolute Gasteiger partial charge is 0.457 e. The molecule has 0 aliphatic rings. The Hall–Kier alpha value is -2.41. The molecular formula is C21H19IN2O2. The third-order valence-electron chi connectivity index (χ3n) is 3.91. The molecule has 26 heavy (non-hydrogen) atoms. The second-order valence-electron chi connectivity index (χ2n) is 5.82. The fourth-order valence-corrected chi connectivity index (χ4v) is 2.85. The number of nitrogens with zero attached hydrogens (tertiary/aromatic N) is 1. The van der Waals surface area contributed by atoms with Crippen LogP contribution in [0.15, 0.2) is 60.7 Å². The number of hydrogen-bond donors (Lipinski definition) is 1. The number of rotatable bonds is 5. The quantitative estimate of drug-likeness (QED) is 0.507. The van der Waals surface area contributed by atoms with Crippen LogP contribution in [0.1, 0.15) is 28.7 Å². The Labute approximate surface area is 166 Å². The van der Waals surface area contributed by atoms with Gasteiger partial charge in [0.2, 0.25) is 0 Å². The molecule has 0 spiro atoms. The van der Waals surface area contributed by atoms with Gasteiger partial charge in [0.25, 0.3) is 5.91 Å². The Bertz CT molecular complexity index is 906. The van der Waals surface area contributed by atoms with Crippen LogP contribution in [0, 0.1) is 10.5 Å². The molecular weight excluding hydrogens is 439 g/mol. The molecule has 1 amide bonds. The lowest BCUT2D eigenvalue weighted by atomic mass is 10.1. The first kappa shape index (κ1) is 18.4. The van der Waals surface area contributed by atoms with Crippen molar-refractivity contribution in [2.75, 3.05) is 5.32 Å². The lowest BCUT2D eigenvalue weighted by Crippen LogP contribution is -2.14. The third kappa shape index (κ3) is 4.60. The summed E-state index contributed by atoms with van der Waals surface area (Å²) in [6.45, 7) is 3.90. The minimum absolute atomic E-state index is 0.163. The number of pyridine rings is 1. The molecule has 0 fully saturated rings. The lowest BCUT2D eigenvalue weighted by Gasteiger charge is -2.10. The van der Waals surface area contributed by atoms with E-state index in [1.165, 1.54) is 0 Å². The molecule has 0 unspecified atom stereocenters. The Balaban J connectivity index is 1.67. The first-order valence-electron chi connectivity index (χ1n) is 8.36. The number of hydrogen-bond acceptors (Lipinski definition) is 3. The van der Waals surface area contributed by atoms with Gasteiger partial charge in [-0.1, -0.05) is 6.92 Å². The van der Waals surface area contributed by atoms with Crippen LogP contribution in [0.3, 0.4) is 0 Å². The number of halogens is 1. The molecule has 0 bridgehead atoms. The minimum atomic E-state index is -0.163. The maximum atomic E-state index is 12.5. The van der Waals surface area contributed by atoms with Crippen molar-refractivity contribution in [1.82, 2.24) is 4.98 Å². The van der Waals surface area contributed by atoms with E-state index in [0.29, 0.717) is 17.0 Å². The molecule has 0 radical (unpaired) electrons. The van der Waals surface area contributed by atoms with Gasteiger partial charge in [-0.05, 0) is 96.6 Å². The van der Waals surface area contributed by atoms with Crippen LogP contribution in [0.4, 0.5) is 5.69 Å². The third-order valence-corrected chi connectivity index (χ3v) is 4.63. The van der Waals surface area contributed by atoms with Gasteiger partial charge >= 0.3 is 0 Å². The highest BCUT2D eigenvalue weighted by molar-refractivity contribution is 14.1. The van der Waals surface area contributed by atoms with Crippen molar-refractivity contribution in [3.63, 3.8) is 0 Å². The molecule has 0 aliphatic heterocycles. The molecule has 0 atom stereocenters. The number of carbonyl (C=O) groups is 1. The van der Waals surface area contributed by atoms with Crippen molar-refractivity contribution in [2.45, 2.75) is 20.3 Å². The van der Waals surface area contributed by atoms with Crippen molar-refractivity contribution in [2.24, 2.45) is 0 Å². The number of nitrogens with one attached hydrogen (secondary N) is 1. The Morgan fingerprint density at radius 2 is 1.62 bits per heavy atom. The normalized spacial score (nSPS) is 10.4. The van der Waals surface area contributed by atoms with Crippen LogP contribution in [-0.4, -0.2) is 10.9 Å². The number of aromatic nitrogens is 1. The fourth-order valence-electron chi connectivity index (χ4n) is 2.49. The summed E-state index contributed by atoms with van der Waals surface area (Å²) >= 11 is 2.25. The van der Waals surface area contributed by atoms with Gasteiger partial charge in [0.1, 0.15) is 11.5 Å². The van der Waals surface area contributed by atoms with Crippen LogP contribution in [-0.2, 0) is 6.42 Å². The highest BCUT2D eigenvalue weighted by atomic mass is 127. The zero-order valence-corrected chi connectivity index (χ0v) is 16.8. The van der Waals surface area contributed by atoms with E-state index in [-0.39, 0.29) is 5.91 Å². The molecule has 0 saturated heterocycles. The van der Waals surface area contributed by atoms with Crippen molar-refractivity contribution >= 4 is 34.2 Å². The highest BCUT2D eigenvalue weighted by Gasteiger charge is 2.11.